The van der Waals surface area contributed by atoms with E-state index in [2.05, 4.69) is 4.72 Å². The van der Waals surface area contributed by atoms with Crippen LogP contribution in [-0.4, -0.2) is 20.4 Å². The fraction of sp³-hybridized carbons (Fsp3) is 0.417. The minimum atomic E-state index is -3.73. The summed E-state index contributed by atoms with van der Waals surface area (Å²) in [6.07, 6.45) is 0. The molecule has 0 heterocycles. The number of rotatable bonds is 4. The Kier molecular flexibility index (Phi) is 4.13. The Morgan fingerprint density at radius 3 is 2.06 bits per heavy atom. The van der Waals surface area contributed by atoms with Crippen LogP contribution in [0.3, 0.4) is 0 Å². The molecule has 0 aliphatic carbocycles. The van der Waals surface area contributed by atoms with E-state index in [1.165, 1.54) is 6.92 Å². The summed E-state index contributed by atoms with van der Waals surface area (Å²) in [6, 6.07) is 2.64. The number of hydrogen-bond donors (Lipinski definition) is 2. The molecule has 1 amide bonds. The summed E-state index contributed by atoms with van der Waals surface area (Å²) in [5.41, 5.74) is 7.35. The molecule has 1 aromatic carbocycles. The predicted molar refractivity (Wildman–Crippen MR) is 69.6 cm³/mol. The van der Waals surface area contributed by atoms with E-state index in [0.29, 0.717) is 11.1 Å². The average Bonchev–Trinajstić information content (AvgIpc) is 2.13. The van der Waals surface area contributed by atoms with Crippen molar-refractivity contribution >= 4 is 15.9 Å². The molecule has 5 nitrogen and oxygen atoms in total. The van der Waals surface area contributed by atoms with Crippen molar-refractivity contribution in [1.29, 1.82) is 0 Å². The fourth-order valence-corrected chi connectivity index (χ4v) is 3.61. The molecule has 0 aliphatic rings. The predicted octanol–water partition coefficient (Wildman–Crippen LogP) is 0.764. The lowest BCUT2D eigenvalue weighted by Gasteiger charge is -2.15. The second-order valence-electron chi connectivity index (χ2n) is 4.47. The van der Waals surface area contributed by atoms with Gasteiger partial charge in [-0.3, -0.25) is 4.79 Å². The van der Waals surface area contributed by atoms with Crippen molar-refractivity contribution in [3.63, 3.8) is 0 Å². The maximum atomic E-state index is 12.2. The molecular weight excluding hydrogens is 252 g/mol. The Labute approximate surface area is 107 Å². The van der Waals surface area contributed by atoms with E-state index in [1.54, 1.807) is 26.0 Å². The molecule has 0 spiro atoms. The summed E-state index contributed by atoms with van der Waals surface area (Å²) in [5, 5.41) is 0. The molecule has 0 saturated carbocycles. The first kappa shape index (κ1) is 14.7. The summed E-state index contributed by atoms with van der Waals surface area (Å²) in [6.45, 7) is 6.77. The summed E-state index contributed by atoms with van der Waals surface area (Å²) in [7, 11) is -3.73. The molecule has 1 rings (SSSR count). The zero-order valence-electron chi connectivity index (χ0n) is 10.9. The monoisotopic (exact) mass is 270 g/mol. The fourth-order valence-electron chi connectivity index (χ4n) is 1.94. The lowest BCUT2D eigenvalue weighted by atomic mass is 10.1. The number of amides is 1. The maximum absolute atomic E-state index is 12.2. The van der Waals surface area contributed by atoms with Gasteiger partial charge >= 0.3 is 0 Å². The van der Waals surface area contributed by atoms with Gasteiger partial charge in [-0.1, -0.05) is 17.7 Å². The van der Waals surface area contributed by atoms with Crippen LogP contribution in [0.1, 0.15) is 23.6 Å². The van der Waals surface area contributed by atoms with Crippen molar-refractivity contribution in [1.82, 2.24) is 4.72 Å². The quantitative estimate of drug-likeness (QED) is 0.846. The van der Waals surface area contributed by atoms with Crippen molar-refractivity contribution in [3.05, 3.63) is 28.8 Å². The highest BCUT2D eigenvalue weighted by Gasteiger charge is 2.23. The minimum absolute atomic E-state index is 0.209. The summed E-state index contributed by atoms with van der Waals surface area (Å²) >= 11 is 0. The van der Waals surface area contributed by atoms with Crippen LogP contribution in [0.5, 0.6) is 0 Å². The van der Waals surface area contributed by atoms with Crippen LogP contribution in [0.2, 0.25) is 0 Å². The van der Waals surface area contributed by atoms with E-state index >= 15 is 0 Å². The van der Waals surface area contributed by atoms with Gasteiger partial charge in [0, 0.05) is 0 Å². The topological polar surface area (TPSA) is 89.3 Å². The van der Waals surface area contributed by atoms with Gasteiger partial charge in [0.15, 0.2) is 0 Å². The van der Waals surface area contributed by atoms with Gasteiger partial charge in [-0.05, 0) is 38.8 Å². The number of hydrogen-bond acceptors (Lipinski definition) is 3. The van der Waals surface area contributed by atoms with E-state index in [4.69, 9.17) is 5.73 Å². The van der Waals surface area contributed by atoms with Gasteiger partial charge < -0.3 is 5.73 Å². The number of benzene rings is 1. The van der Waals surface area contributed by atoms with Gasteiger partial charge in [0.05, 0.1) is 10.9 Å². The first-order valence-electron chi connectivity index (χ1n) is 5.54. The Hall–Kier alpha value is -1.40. The lowest BCUT2D eigenvalue weighted by molar-refractivity contribution is -0.119. The molecule has 0 aromatic heterocycles. The van der Waals surface area contributed by atoms with Gasteiger partial charge in [0.2, 0.25) is 15.9 Å². The highest BCUT2D eigenvalue weighted by atomic mass is 32.2. The number of primary amides is 1. The first-order chi connectivity index (χ1) is 8.15. The molecule has 0 radical (unpaired) electrons. The Bertz CT molecular complexity index is 556. The molecule has 0 bridgehead atoms. The number of nitrogens with two attached hydrogens (primary N) is 1. The molecule has 18 heavy (non-hydrogen) atoms. The Balaban J connectivity index is 3.25. The zero-order valence-corrected chi connectivity index (χ0v) is 11.8. The van der Waals surface area contributed by atoms with Gasteiger partial charge in [-0.25, -0.2) is 8.42 Å². The summed E-state index contributed by atoms with van der Waals surface area (Å²) in [4.78, 5) is 11.1. The van der Waals surface area contributed by atoms with Crippen LogP contribution in [0.15, 0.2) is 17.0 Å². The number of sulfonamides is 1. The molecule has 1 unspecified atom stereocenters. The van der Waals surface area contributed by atoms with Crippen LogP contribution in [0.25, 0.3) is 0 Å². The second-order valence-corrected chi connectivity index (χ2v) is 6.12. The third kappa shape index (κ3) is 3.08. The lowest BCUT2D eigenvalue weighted by Crippen LogP contribution is -2.42. The molecule has 1 aromatic rings. The van der Waals surface area contributed by atoms with Gasteiger partial charge in [0.25, 0.3) is 0 Å². The van der Waals surface area contributed by atoms with Gasteiger partial charge in [0.1, 0.15) is 0 Å². The van der Waals surface area contributed by atoms with E-state index < -0.39 is 22.0 Å². The van der Waals surface area contributed by atoms with Crippen LogP contribution < -0.4 is 10.5 Å². The normalized spacial score (nSPS) is 13.3. The molecule has 100 valence electrons. The number of carbonyl (C=O) groups excluding carboxylic acids is 1. The standard InChI is InChI=1S/C12H18N2O3S/c1-7-5-8(2)11(9(3)6-7)18(16,17)14-10(4)12(13)15/h5-6,10,14H,1-4H3,(H2,13,15). The summed E-state index contributed by atoms with van der Waals surface area (Å²) < 4.78 is 26.6. The minimum Gasteiger partial charge on any atom is -0.368 e. The number of nitrogens with one attached hydrogen (secondary N) is 1. The number of aryl methyl sites for hydroxylation is 3. The second kappa shape index (κ2) is 5.07. The molecule has 3 N–H and O–H groups in total. The highest BCUT2D eigenvalue weighted by molar-refractivity contribution is 7.89. The Morgan fingerprint density at radius 1 is 1.22 bits per heavy atom. The zero-order chi connectivity index (χ0) is 14.1. The third-order valence-electron chi connectivity index (χ3n) is 2.63. The van der Waals surface area contributed by atoms with Gasteiger partial charge in [-0.2, -0.15) is 4.72 Å². The number of carbonyl (C=O) groups is 1. The molecule has 1 atom stereocenters. The van der Waals surface area contributed by atoms with Gasteiger partial charge in [-0.15, -0.1) is 0 Å². The highest BCUT2D eigenvalue weighted by Crippen LogP contribution is 2.21. The average molecular weight is 270 g/mol. The molecular formula is C12H18N2O3S. The first-order valence-corrected chi connectivity index (χ1v) is 7.03. The largest absolute Gasteiger partial charge is 0.368 e. The molecule has 0 saturated heterocycles. The van der Waals surface area contributed by atoms with E-state index in [1.807, 2.05) is 6.92 Å². The van der Waals surface area contributed by atoms with E-state index in [0.717, 1.165) is 5.56 Å². The van der Waals surface area contributed by atoms with E-state index in [9.17, 15) is 13.2 Å². The van der Waals surface area contributed by atoms with Crippen LogP contribution in [-0.2, 0) is 14.8 Å². The molecule has 0 fully saturated rings. The maximum Gasteiger partial charge on any atom is 0.241 e. The van der Waals surface area contributed by atoms with Crippen molar-refractivity contribution in [3.8, 4) is 0 Å². The van der Waals surface area contributed by atoms with Crippen molar-refractivity contribution in [2.75, 3.05) is 0 Å². The van der Waals surface area contributed by atoms with Crippen LogP contribution >= 0.6 is 0 Å². The third-order valence-corrected chi connectivity index (χ3v) is 4.48. The molecule has 6 heteroatoms. The summed E-state index contributed by atoms with van der Waals surface area (Å²) in [5.74, 6) is -0.707. The Morgan fingerprint density at radius 2 is 1.67 bits per heavy atom. The smallest absolute Gasteiger partial charge is 0.241 e. The van der Waals surface area contributed by atoms with Crippen LogP contribution in [0.4, 0.5) is 0 Å². The van der Waals surface area contributed by atoms with E-state index in [-0.39, 0.29) is 4.90 Å². The van der Waals surface area contributed by atoms with Crippen molar-refractivity contribution in [2.45, 2.75) is 38.6 Å². The van der Waals surface area contributed by atoms with Crippen molar-refractivity contribution < 1.29 is 13.2 Å². The molecule has 0 aliphatic heterocycles. The van der Waals surface area contributed by atoms with Crippen molar-refractivity contribution in [2.24, 2.45) is 5.73 Å². The SMILES string of the molecule is Cc1cc(C)c(S(=O)(=O)NC(C)C(N)=O)c(C)c1. The van der Waals surface area contributed by atoms with Crippen LogP contribution in [0, 0.1) is 20.8 Å².